The van der Waals surface area contributed by atoms with E-state index in [2.05, 4.69) is 5.48 Å². The summed E-state index contributed by atoms with van der Waals surface area (Å²) in [6, 6.07) is 5.29. The number of hydroxylamine groups is 1. The average molecular weight is 258 g/mol. The molecule has 1 rings (SSSR count). The quantitative estimate of drug-likeness (QED) is 0.824. The average Bonchev–Trinajstić information content (AvgIpc) is 2.25. The Balaban J connectivity index is 2.42. The van der Waals surface area contributed by atoms with Crippen LogP contribution in [-0.2, 0) is 9.63 Å². The summed E-state index contributed by atoms with van der Waals surface area (Å²) in [5.41, 5.74) is 3.43. The van der Waals surface area contributed by atoms with Crippen molar-refractivity contribution in [3.05, 3.63) is 28.8 Å². The SMILES string of the molecule is Cc1cc(Cl)ccc1OCC(=O)ONC(C)C. The molecule has 5 heteroatoms. The van der Waals surface area contributed by atoms with Crippen LogP contribution in [0.25, 0.3) is 0 Å². The molecule has 94 valence electrons. The van der Waals surface area contributed by atoms with Crippen LogP contribution in [0.1, 0.15) is 19.4 Å². The highest BCUT2D eigenvalue weighted by atomic mass is 35.5. The van der Waals surface area contributed by atoms with E-state index in [4.69, 9.17) is 21.2 Å². The summed E-state index contributed by atoms with van der Waals surface area (Å²) in [5.74, 6) is 0.156. The Morgan fingerprint density at radius 3 is 2.76 bits per heavy atom. The van der Waals surface area contributed by atoms with Crippen LogP contribution >= 0.6 is 11.6 Å². The molecule has 0 fully saturated rings. The van der Waals surface area contributed by atoms with Gasteiger partial charge in [-0.3, -0.25) is 0 Å². The molecule has 0 radical (unpaired) electrons. The van der Waals surface area contributed by atoms with Crippen molar-refractivity contribution in [2.45, 2.75) is 26.8 Å². The van der Waals surface area contributed by atoms with Crippen LogP contribution in [0.2, 0.25) is 5.02 Å². The van der Waals surface area contributed by atoms with E-state index in [-0.39, 0.29) is 12.6 Å². The smallest absolute Gasteiger partial charge is 0.362 e. The predicted molar refractivity (Wildman–Crippen MR) is 66.0 cm³/mol. The summed E-state index contributed by atoms with van der Waals surface area (Å²) in [6.07, 6.45) is 0. The van der Waals surface area contributed by atoms with E-state index in [1.807, 2.05) is 20.8 Å². The Morgan fingerprint density at radius 1 is 1.47 bits per heavy atom. The Hall–Kier alpha value is -1.26. The molecule has 0 unspecified atom stereocenters. The van der Waals surface area contributed by atoms with Crippen LogP contribution in [0.5, 0.6) is 5.75 Å². The Bertz CT molecular complexity index is 393. The molecule has 0 aliphatic carbocycles. The van der Waals surface area contributed by atoms with E-state index in [1.165, 1.54) is 0 Å². The van der Waals surface area contributed by atoms with Crippen LogP contribution in [-0.4, -0.2) is 18.6 Å². The molecule has 0 saturated heterocycles. The number of hydrogen-bond donors (Lipinski definition) is 1. The van der Waals surface area contributed by atoms with Crippen molar-refractivity contribution in [3.8, 4) is 5.75 Å². The van der Waals surface area contributed by atoms with Crippen molar-refractivity contribution in [3.63, 3.8) is 0 Å². The van der Waals surface area contributed by atoms with Crippen molar-refractivity contribution >= 4 is 17.6 Å². The number of carbonyl (C=O) groups is 1. The van der Waals surface area contributed by atoms with Crippen molar-refractivity contribution in [1.82, 2.24) is 5.48 Å². The maximum Gasteiger partial charge on any atom is 0.362 e. The molecule has 1 N–H and O–H groups in total. The van der Waals surface area contributed by atoms with Gasteiger partial charge < -0.3 is 9.57 Å². The fourth-order valence-electron chi connectivity index (χ4n) is 1.12. The van der Waals surface area contributed by atoms with Gasteiger partial charge in [-0.05, 0) is 44.5 Å². The molecule has 0 aliphatic heterocycles. The minimum atomic E-state index is -0.465. The maximum atomic E-state index is 11.3. The van der Waals surface area contributed by atoms with Crippen molar-refractivity contribution < 1.29 is 14.4 Å². The topological polar surface area (TPSA) is 47.6 Å². The monoisotopic (exact) mass is 257 g/mol. The first-order valence-electron chi connectivity index (χ1n) is 5.33. The highest BCUT2D eigenvalue weighted by Crippen LogP contribution is 2.21. The Labute approximate surface area is 106 Å². The van der Waals surface area contributed by atoms with Crippen LogP contribution in [0.4, 0.5) is 0 Å². The number of ether oxygens (including phenoxy) is 1. The van der Waals surface area contributed by atoms with Gasteiger partial charge in [-0.2, -0.15) is 5.48 Å². The summed E-state index contributed by atoms with van der Waals surface area (Å²) in [6.45, 7) is 5.47. The second-order valence-electron chi connectivity index (χ2n) is 3.95. The number of benzene rings is 1. The molecule has 0 aromatic heterocycles. The third-order valence-electron chi connectivity index (χ3n) is 1.89. The summed E-state index contributed by atoms with van der Waals surface area (Å²) >= 11 is 5.81. The zero-order chi connectivity index (χ0) is 12.8. The Kier molecular flexibility index (Phi) is 5.25. The van der Waals surface area contributed by atoms with Gasteiger partial charge in [-0.1, -0.05) is 11.6 Å². The zero-order valence-electron chi connectivity index (χ0n) is 10.1. The third-order valence-corrected chi connectivity index (χ3v) is 2.13. The molecule has 0 amide bonds. The first kappa shape index (κ1) is 13.8. The van der Waals surface area contributed by atoms with Gasteiger partial charge in [0, 0.05) is 11.1 Å². The van der Waals surface area contributed by atoms with Crippen LogP contribution in [0, 0.1) is 6.92 Å². The number of rotatable bonds is 5. The van der Waals surface area contributed by atoms with Gasteiger partial charge in [0.2, 0.25) is 0 Å². The van der Waals surface area contributed by atoms with E-state index in [0.717, 1.165) is 5.56 Å². The van der Waals surface area contributed by atoms with Gasteiger partial charge >= 0.3 is 5.97 Å². The second kappa shape index (κ2) is 6.47. The minimum Gasteiger partial charge on any atom is -0.482 e. The van der Waals surface area contributed by atoms with Crippen molar-refractivity contribution in [2.24, 2.45) is 0 Å². The molecule has 0 heterocycles. The largest absolute Gasteiger partial charge is 0.482 e. The molecule has 1 aromatic carbocycles. The molecular formula is C12H16ClNO3. The lowest BCUT2D eigenvalue weighted by Crippen LogP contribution is -2.29. The summed E-state index contributed by atoms with van der Waals surface area (Å²) < 4.78 is 5.31. The zero-order valence-corrected chi connectivity index (χ0v) is 10.9. The van der Waals surface area contributed by atoms with Gasteiger partial charge in [0.15, 0.2) is 6.61 Å². The lowest BCUT2D eigenvalue weighted by Gasteiger charge is -2.10. The maximum absolute atomic E-state index is 11.3. The number of hydrogen-bond acceptors (Lipinski definition) is 4. The minimum absolute atomic E-state index is 0.0798. The van der Waals surface area contributed by atoms with Crippen LogP contribution < -0.4 is 10.2 Å². The highest BCUT2D eigenvalue weighted by molar-refractivity contribution is 6.30. The predicted octanol–water partition coefficient (Wildman–Crippen LogP) is 2.48. The highest BCUT2D eigenvalue weighted by Gasteiger charge is 2.07. The number of aryl methyl sites for hydroxylation is 1. The third kappa shape index (κ3) is 5.06. The lowest BCUT2D eigenvalue weighted by molar-refractivity contribution is -0.154. The second-order valence-corrected chi connectivity index (χ2v) is 4.38. The number of halogens is 1. The molecule has 4 nitrogen and oxygen atoms in total. The summed E-state index contributed by atoms with van der Waals surface area (Å²) in [7, 11) is 0. The van der Waals surface area contributed by atoms with Gasteiger partial charge in [0.25, 0.3) is 0 Å². The first-order chi connectivity index (χ1) is 7.99. The lowest BCUT2D eigenvalue weighted by atomic mass is 10.2. The fourth-order valence-corrected chi connectivity index (χ4v) is 1.35. The molecule has 17 heavy (non-hydrogen) atoms. The summed E-state index contributed by atoms with van der Waals surface area (Å²) in [5, 5.41) is 0.638. The van der Waals surface area contributed by atoms with Crippen LogP contribution in [0.3, 0.4) is 0 Å². The van der Waals surface area contributed by atoms with Crippen molar-refractivity contribution in [1.29, 1.82) is 0 Å². The molecular weight excluding hydrogens is 242 g/mol. The van der Waals surface area contributed by atoms with E-state index in [0.29, 0.717) is 10.8 Å². The van der Waals surface area contributed by atoms with E-state index in [9.17, 15) is 4.79 Å². The van der Waals surface area contributed by atoms with E-state index < -0.39 is 5.97 Å². The fraction of sp³-hybridized carbons (Fsp3) is 0.417. The molecule has 0 saturated carbocycles. The van der Waals surface area contributed by atoms with E-state index >= 15 is 0 Å². The van der Waals surface area contributed by atoms with Gasteiger partial charge in [0.1, 0.15) is 5.75 Å². The first-order valence-corrected chi connectivity index (χ1v) is 5.71. The van der Waals surface area contributed by atoms with Crippen molar-refractivity contribution in [2.75, 3.05) is 6.61 Å². The number of nitrogens with one attached hydrogen (secondary N) is 1. The van der Waals surface area contributed by atoms with E-state index in [1.54, 1.807) is 18.2 Å². The molecule has 0 aliphatic rings. The number of carbonyl (C=O) groups excluding carboxylic acids is 1. The van der Waals surface area contributed by atoms with Gasteiger partial charge in [-0.15, -0.1) is 0 Å². The van der Waals surface area contributed by atoms with Crippen LogP contribution in [0.15, 0.2) is 18.2 Å². The molecule has 0 spiro atoms. The van der Waals surface area contributed by atoms with Gasteiger partial charge in [-0.25, -0.2) is 4.79 Å². The summed E-state index contributed by atoms with van der Waals surface area (Å²) in [4.78, 5) is 16.0. The molecule has 0 atom stereocenters. The van der Waals surface area contributed by atoms with Gasteiger partial charge in [0.05, 0.1) is 0 Å². The Morgan fingerprint density at radius 2 is 2.18 bits per heavy atom. The molecule has 0 bridgehead atoms. The molecule has 1 aromatic rings. The standard InChI is InChI=1S/C12H16ClNO3/c1-8(2)14-17-12(15)7-16-11-5-4-10(13)6-9(11)3/h4-6,8,14H,7H2,1-3H3. The normalized spacial score (nSPS) is 10.4.